The molecule has 0 bridgehead atoms. The Bertz CT molecular complexity index is 1540. The van der Waals surface area contributed by atoms with Gasteiger partial charge in [0.25, 0.3) is 0 Å². The lowest BCUT2D eigenvalue weighted by atomic mass is 10.3. The summed E-state index contributed by atoms with van der Waals surface area (Å²) in [6.45, 7) is 4.81. The van der Waals surface area contributed by atoms with E-state index in [0.717, 1.165) is 40.6 Å². The van der Waals surface area contributed by atoms with Crippen molar-refractivity contribution in [2.75, 3.05) is 145 Å². The van der Waals surface area contributed by atoms with E-state index < -0.39 is 57.5 Å². The van der Waals surface area contributed by atoms with E-state index in [4.69, 9.17) is 54.0 Å². The van der Waals surface area contributed by atoms with E-state index in [-0.39, 0.29) is 37.7 Å². The zero-order valence-corrected chi connectivity index (χ0v) is 49.6. The molecule has 0 rings (SSSR count). The fraction of sp³-hybridized carbons (Fsp3) is 0.919. The summed E-state index contributed by atoms with van der Waals surface area (Å²) < 4.78 is 176. The van der Waals surface area contributed by atoms with Crippen molar-refractivity contribution in [2.24, 2.45) is 0 Å². The van der Waals surface area contributed by atoms with Crippen LogP contribution in [0, 0.1) is 0 Å². The van der Waals surface area contributed by atoms with Crippen molar-refractivity contribution in [1.29, 1.82) is 0 Å². The summed E-state index contributed by atoms with van der Waals surface area (Å²) in [6.07, 6.45) is 3.45. The predicted octanol–water partition coefficient (Wildman–Crippen LogP) is 5.69. The minimum absolute atomic E-state index is 0.203. The Morgan fingerprint density at radius 3 is 0.889 bits per heavy atom. The van der Waals surface area contributed by atoms with Crippen molar-refractivity contribution in [3.8, 4) is 0 Å². The molecule has 0 aromatic heterocycles. The Morgan fingerprint density at radius 2 is 0.694 bits per heavy atom. The Balaban J connectivity index is 0. The second kappa shape index (κ2) is 37.8. The molecule has 0 saturated heterocycles. The molecule has 0 aliphatic heterocycles. The lowest BCUT2D eigenvalue weighted by molar-refractivity contribution is -0.926. The number of ether oxygens (including phenoxy) is 3. The first-order chi connectivity index (χ1) is 33.6. The van der Waals surface area contributed by atoms with E-state index in [0.29, 0.717) is 85.3 Å². The van der Waals surface area contributed by atoms with Gasteiger partial charge < -0.3 is 62.7 Å². The van der Waals surface area contributed by atoms with Crippen molar-refractivity contribution < 1.29 is 116 Å². The van der Waals surface area contributed by atoms with Crippen LogP contribution in [0.25, 0.3) is 4.13 Å². The predicted molar refractivity (Wildman–Crippen MR) is 266 cm³/mol. The number of carbonyl (C=O) groups excluding carboxylic acids is 3. The van der Waals surface area contributed by atoms with Crippen molar-refractivity contribution in [1.82, 2.24) is 0 Å². The topological polar surface area (TPSA) is 244 Å². The number of esters is 3. The van der Waals surface area contributed by atoms with Gasteiger partial charge in [0.05, 0.1) is 25.8 Å². The van der Waals surface area contributed by atoms with Gasteiger partial charge in [-0.1, -0.05) is 0 Å². The molecule has 0 aliphatic carbocycles. The highest BCUT2D eigenvalue weighted by molar-refractivity contribution is 8.13. The molecule has 0 saturated carbocycles. The third kappa shape index (κ3) is 29.6. The molecular weight excluding hydrogens is 1130 g/mol. The summed E-state index contributed by atoms with van der Waals surface area (Å²) in [5.74, 6) is 3.67. The number of quaternary nitrogens is 1. The molecule has 0 N–H and O–H groups in total. The molecule has 430 valence electrons. The van der Waals surface area contributed by atoms with Crippen LogP contribution in [0.5, 0.6) is 0 Å². The highest BCUT2D eigenvalue weighted by Gasteiger charge is 2.47. The maximum Gasteiger partial charge on any atom is 0.500 e. The molecule has 0 atom stereocenters. The monoisotopic (exact) mass is 1210 g/mol. The van der Waals surface area contributed by atoms with Gasteiger partial charge >= 0.3 is 55.3 Å². The Labute approximate surface area is 436 Å². The number of carbonyl (C=O) groups is 3. The smallest absolute Gasteiger partial charge is 0.460 e. The van der Waals surface area contributed by atoms with Gasteiger partial charge in [-0.2, -0.15) is 61.6 Å². The molecule has 0 radical (unpaired) electrons. The third-order valence-electron chi connectivity index (χ3n) is 10.4. The summed E-state index contributed by atoms with van der Waals surface area (Å²) in [7, 11) is -6.82. The molecule has 21 nitrogen and oxygen atoms in total. The average Bonchev–Trinajstić information content (AvgIpc) is 3.33. The molecule has 0 amide bonds. The van der Waals surface area contributed by atoms with Crippen LogP contribution in [0.4, 0.5) is 26.3 Å². The van der Waals surface area contributed by atoms with E-state index in [1.807, 2.05) is 6.92 Å². The molecule has 35 heteroatoms. The molecule has 0 fully saturated rings. The number of likely N-dealkylation sites (N-methyl/N-ethyl adjacent to an activating group) is 1. The number of hydrogen-bond donors (Lipinski definition) is 0. The van der Waals surface area contributed by atoms with Gasteiger partial charge in [-0.15, -0.1) is 0 Å². The van der Waals surface area contributed by atoms with Gasteiger partial charge in [0.2, 0.25) is 0 Å². The molecule has 0 heterocycles. The number of alkyl halides is 6. The quantitative estimate of drug-likeness (QED) is 0.0178. The third-order valence-corrected chi connectivity index (χ3v) is 24.8. The first-order valence-corrected chi connectivity index (χ1v) is 34.1. The fourth-order valence-electron chi connectivity index (χ4n) is 5.91. The van der Waals surface area contributed by atoms with Gasteiger partial charge in [0.1, 0.15) is 39.5 Å². The van der Waals surface area contributed by atoms with E-state index in [2.05, 4.69) is 0 Å². The van der Waals surface area contributed by atoms with Crippen LogP contribution in [-0.2, 0) is 88.5 Å². The summed E-state index contributed by atoms with van der Waals surface area (Å²) in [4.78, 5) is 37.8. The van der Waals surface area contributed by atoms with Crippen LogP contribution in [0.1, 0.15) is 45.4 Å². The summed E-state index contributed by atoms with van der Waals surface area (Å²) in [6, 6.07) is 2.12. The second-order valence-corrected chi connectivity index (χ2v) is 31.1. The zero-order valence-electron chi connectivity index (χ0n) is 42.5. The van der Waals surface area contributed by atoms with Gasteiger partial charge in [-0.3, -0.25) is 14.4 Å². The minimum atomic E-state index is -6.72. The summed E-state index contributed by atoms with van der Waals surface area (Å²) >= 11 is 5.02. The van der Waals surface area contributed by atoms with Crippen LogP contribution in [0.3, 0.4) is 0 Å². The van der Waals surface area contributed by atoms with Gasteiger partial charge in [-0.25, -0.2) is 16.8 Å². The van der Waals surface area contributed by atoms with Crippen LogP contribution < -0.4 is 0 Å². The second-order valence-electron chi connectivity index (χ2n) is 14.7. The van der Waals surface area contributed by atoms with Crippen molar-refractivity contribution in [3.63, 3.8) is 0 Å². The summed E-state index contributed by atoms with van der Waals surface area (Å²) in [5, 5.41) is 0. The van der Waals surface area contributed by atoms with Crippen molar-refractivity contribution in [2.45, 2.75) is 74.6 Å². The SMILES string of the molecule is CC[N+](CCOC(=O)CCSCCC[Si](OC)(OC)OC)(CCOC(=O)CCSCCC[Si](OC)(OC)OC)CCOC(=O)CCSCCC[Si](OC)(OC)OC.O=S(=O)([N-]S(=O)(=O)C(F)(F)F)C(F)(F)F. The number of halogens is 6. The first kappa shape index (κ1) is 73.2. The van der Waals surface area contributed by atoms with Crippen LogP contribution in [-0.4, -0.2) is 221 Å². The lowest BCUT2D eigenvalue weighted by Crippen LogP contribution is -2.54. The van der Waals surface area contributed by atoms with Crippen LogP contribution in [0.15, 0.2) is 0 Å². The minimum Gasteiger partial charge on any atom is -0.460 e. The van der Waals surface area contributed by atoms with Crippen LogP contribution in [0.2, 0.25) is 18.1 Å². The standard InChI is InChI=1S/C35H74NO15S3Si3.C2F6NO4S2/c1-11-36(18-21-49-33(37)15-27-52-24-12-30-55(40-2,41-3)42-4,19-22-50-34(38)16-28-53-25-13-31-56(43-5,44-6)45-7)20-23-51-35(39)17-29-54-26-14-32-57(46-8,47-9)48-10;3-1(4,5)14(10,11)9-15(12,13)2(6,7)8/h11-32H2,1-10H3;/q+1;-1. The molecule has 0 spiro atoms. The zero-order chi connectivity index (χ0) is 55.6. The number of nitrogens with zero attached hydrogens (tertiary/aromatic N) is 2. The Kier molecular flexibility index (Phi) is 38.5. The molecule has 0 aromatic carbocycles. The largest absolute Gasteiger partial charge is 0.500 e. The maximum absolute atomic E-state index is 12.6. The van der Waals surface area contributed by atoms with Crippen LogP contribution >= 0.6 is 35.3 Å². The number of hydrogen-bond acceptors (Lipinski definition) is 22. The Hall–Kier alpha value is -0.849. The molecule has 0 aromatic rings. The number of thioether (sulfide) groups is 3. The molecule has 0 aliphatic rings. The van der Waals surface area contributed by atoms with Gasteiger partial charge in [0.15, 0.2) is 20.0 Å². The first-order valence-electron chi connectivity index (χ1n) is 22.0. The molecule has 0 unspecified atom stereocenters. The van der Waals surface area contributed by atoms with E-state index in [1.54, 1.807) is 99.3 Å². The number of rotatable bonds is 42. The van der Waals surface area contributed by atoms with Gasteiger partial charge in [-0.05, 0) is 43.4 Å². The Morgan fingerprint density at radius 1 is 0.458 bits per heavy atom. The van der Waals surface area contributed by atoms with E-state index >= 15 is 0 Å². The average molecular weight is 1210 g/mol. The highest BCUT2D eigenvalue weighted by Crippen LogP contribution is 2.36. The lowest BCUT2D eigenvalue weighted by Gasteiger charge is -2.37. The highest BCUT2D eigenvalue weighted by atomic mass is 32.3. The molecule has 72 heavy (non-hydrogen) atoms. The normalized spacial score (nSPS) is 13.1. The van der Waals surface area contributed by atoms with Gasteiger partial charge in [0, 0.05) is 99.4 Å². The van der Waals surface area contributed by atoms with Crippen molar-refractivity contribution in [3.05, 3.63) is 4.13 Å². The number of sulfonamides is 2. The summed E-state index contributed by atoms with van der Waals surface area (Å²) in [5.41, 5.74) is -12.4. The maximum atomic E-state index is 12.6. The molecular formula is C37H74F6N2O19S5Si3. The van der Waals surface area contributed by atoms with E-state index in [9.17, 15) is 57.6 Å². The van der Waals surface area contributed by atoms with Crippen molar-refractivity contribution >= 4 is 99.7 Å². The van der Waals surface area contributed by atoms with E-state index in [1.165, 1.54) is 0 Å². The fourth-order valence-corrected chi connectivity index (χ4v) is 16.1.